The molecule has 2 aromatic carbocycles. The number of hydrogen-bond acceptors (Lipinski definition) is 4. The maximum absolute atomic E-state index is 14.3. The summed E-state index contributed by atoms with van der Waals surface area (Å²) >= 11 is 0. The van der Waals surface area contributed by atoms with E-state index in [2.05, 4.69) is 5.32 Å². The lowest BCUT2D eigenvalue weighted by atomic mass is 10.1. The molecule has 10 heteroatoms. The number of amides is 2. The molecule has 0 aliphatic carbocycles. The third-order valence-electron chi connectivity index (χ3n) is 4.80. The van der Waals surface area contributed by atoms with E-state index in [1.54, 1.807) is 13.8 Å². The van der Waals surface area contributed by atoms with Crippen molar-refractivity contribution in [2.45, 2.75) is 32.9 Å². The Labute approximate surface area is 187 Å². The van der Waals surface area contributed by atoms with Gasteiger partial charge in [-0.2, -0.15) is 0 Å². The lowest BCUT2D eigenvalue weighted by molar-refractivity contribution is -0.140. The van der Waals surface area contributed by atoms with Crippen molar-refractivity contribution >= 4 is 27.5 Å². The van der Waals surface area contributed by atoms with Crippen LogP contribution in [0.1, 0.15) is 25.8 Å². The Kier molecular flexibility index (Phi) is 8.71. The zero-order valence-corrected chi connectivity index (χ0v) is 19.0. The minimum absolute atomic E-state index is 0.0520. The minimum atomic E-state index is -4.01. The van der Waals surface area contributed by atoms with Crippen LogP contribution in [-0.4, -0.2) is 50.5 Å². The van der Waals surface area contributed by atoms with Gasteiger partial charge >= 0.3 is 0 Å². The van der Waals surface area contributed by atoms with Crippen LogP contribution < -0.4 is 9.62 Å². The summed E-state index contributed by atoms with van der Waals surface area (Å²) < 4.78 is 53.1. The van der Waals surface area contributed by atoms with E-state index in [1.165, 1.54) is 47.4 Å². The van der Waals surface area contributed by atoms with Crippen molar-refractivity contribution in [1.82, 2.24) is 10.2 Å². The van der Waals surface area contributed by atoms with E-state index < -0.39 is 46.1 Å². The first-order chi connectivity index (χ1) is 15.1. The van der Waals surface area contributed by atoms with Crippen LogP contribution >= 0.6 is 0 Å². The van der Waals surface area contributed by atoms with Crippen molar-refractivity contribution in [3.63, 3.8) is 0 Å². The molecule has 0 heterocycles. The topological polar surface area (TPSA) is 86.8 Å². The molecule has 0 radical (unpaired) electrons. The Morgan fingerprint density at radius 1 is 1.03 bits per heavy atom. The average molecular weight is 468 g/mol. The number of sulfonamides is 1. The maximum atomic E-state index is 14.3. The quantitative estimate of drug-likeness (QED) is 0.582. The van der Waals surface area contributed by atoms with E-state index in [0.29, 0.717) is 16.4 Å². The van der Waals surface area contributed by atoms with Crippen molar-refractivity contribution in [3.05, 3.63) is 65.7 Å². The van der Waals surface area contributed by atoms with Crippen molar-refractivity contribution in [1.29, 1.82) is 0 Å². The molecule has 0 fully saturated rings. The van der Waals surface area contributed by atoms with Crippen molar-refractivity contribution in [2.75, 3.05) is 23.7 Å². The molecule has 0 aliphatic rings. The monoisotopic (exact) mass is 467 g/mol. The minimum Gasteiger partial charge on any atom is -0.355 e. The Bertz CT molecular complexity index is 1050. The Morgan fingerprint density at radius 3 is 2.19 bits per heavy atom. The first-order valence-corrected chi connectivity index (χ1v) is 12.0. The van der Waals surface area contributed by atoms with Crippen LogP contribution in [0.4, 0.5) is 14.5 Å². The number of nitrogens with one attached hydrogen (secondary N) is 1. The molecule has 1 N–H and O–H groups in total. The highest BCUT2D eigenvalue weighted by Gasteiger charge is 2.32. The van der Waals surface area contributed by atoms with Gasteiger partial charge in [0, 0.05) is 13.1 Å². The van der Waals surface area contributed by atoms with E-state index in [-0.39, 0.29) is 18.7 Å². The molecule has 2 amide bonds. The van der Waals surface area contributed by atoms with Crippen LogP contribution in [0.15, 0.2) is 48.5 Å². The number of carbonyl (C=O) groups is 2. The highest BCUT2D eigenvalue weighted by atomic mass is 32.2. The predicted molar refractivity (Wildman–Crippen MR) is 118 cm³/mol. The maximum Gasteiger partial charge on any atom is 0.244 e. The highest BCUT2D eigenvalue weighted by Crippen LogP contribution is 2.22. The first-order valence-electron chi connectivity index (χ1n) is 10.1. The summed E-state index contributed by atoms with van der Waals surface area (Å²) in [7, 11) is -4.01. The highest BCUT2D eigenvalue weighted by molar-refractivity contribution is 7.92. The lowest BCUT2D eigenvalue weighted by Gasteiger charge is -2.32. The Morgan fingerprint density at radius 2 is 1.66 bits per heavy atom. The molecule has 0 spiro atoms. The molecular weight excluding hydrogens is 440 g/mol. The molecule has 2 rings (SSSR count). The summed E-state index contributed by atoms with van der Waals surface area (Å²) in [5, 5.41) is 2.67. The SMILES string of the molecule is CCNC(=O)[C@H](CC)N(Cc1ccc(F)cc1)C(=O)CN(c1ccccc1F)S(C)(=O)=O. The fourth-order valence-corrected chi connectivity index (χ4v) is 4.10. The van der Waals surface area contributed by atoms with E-state index in [1.807, 2.05) is 0 Å². The summed E-state index contributed by atoms with van der Waals surface area (Å²) in [6, 6.07) is 9.74. The number of nitrogens with zero attached hydrogens (tertiary/aromatic N) is 2. The molecule has 0 aliphatic heterocycles. The lowest BCUT2D eigenvalue weighted by Crippen LogP contribution is -2.52. The van der Waals surface area contributed by atoms with Gasteiger partial charge in [0.25, 0.3) is 0 Å². The van der Waals surface area contributed by atoms with Gasteiger partial charge in [-0.25, -0.2) is 17.2 Å². The molecular formula is C22H27F2N3O4S. The summed E-state index contributed by atoms with van der Waals surface area (Å²) in [6.07, 6.45) is 1.13. The average Bonchev–Trinajstić information content (AvgIpc) is 2.73. The van der Waals surface area contributed by atoms with Crippen LogP contribution in [0.2, 0.25) is 0 Å². The zero-order valence-electron chi connectivity index (χ0n) is 18.2. The summed E-state index contributed by atoms with van der Waals surface area (Å²) in [5.41, 5.74) is 0.287. The molecule has 0 unspecified atom stereocenters. The second-order valence-corrected chi connectivity index (χ2v) is 9.09. The van der Waals surface area contributed by atoms with Crippen LogP contribution in [0, 0.1) is 11.6 Å². The van der Waals surface area contributed by atoms with E-state index in [4.69, 9.17) is 0 Å². The van der Waals surface area contributed by atoms with Gasteiger partial charge in [-0.15, -0.1) is 0 Å². The molecule has 32 heavy (non-hydrogen) atoms. The smallest absolute Gasteiger partial charge is 0.244 e. The number of anilines is 1. The molecule has 7 nitrogen and oxygen atoms in total. The van der Waals surface area contributed by atoms with E-state index >= 15 is 0 Å². The van der Waals surface area contributed by atoms with Gasteiger partial charge in [0.05, 0.1) is 11.9 Å². The second kappa shape index (κ2) is 11.0. The first kappa shape index (κ1) is 25.3. The number of carbonyl (C=O) groups excluding carboxylic acids is 2. The summed E-state index contributed by atoms with van der Waals surface area (Å²) in [6.45, 7) is 3.05. The van der Waals surface area contributed by atoms with Gasteiger partial charge in [-0.3, -0.25) is 13.9 Å². The number of rotatable bonds is 10. The number of hydrogen-bond donors (Lipinski definition) is 1. The largest absolute Gasteiger partial charge is 0.355 e. The van der Waals surface area contributed by atoms with Crippen LogP contribution in [0.25, 0.3) is 0 Å². The molecule has 0 saturated carbocycles. The van der Waals surface area contributed by atoms with Gasteiger partial charge in [-0.1, -0.05) is 31.2 Å². The molecule has 0 bridgehead atoms. The summed E-state index contributed by atoms with van der Waals surface area (Å²) in [4.78, 5) is 27.2. The number of benzene rings is 2. The van der Waals surface area contributed by atoms with Gasteiger partial charge in [-0.05, 0) is 43.2 Å². The number of para-hydroxylation sites is 1. The van der Waals surface area contributed by atoms with Gasteiger partial charge < -0.3 is 10.2 Å². The Hall–Kier alpha value is -3.01. The molecule has 0 aromatic heterocycles. The normalized spacial score (nSPS) is 12.2. The fourth-order valence-electron chi connectivity index (χ4n) is 3.25. The standard InChI is InChI=1S/C22H27F2N3O4S/c1-4-19(22(29)25-5-2)26(14-16-10-12-17(23)13-11-16)21(28)15-27(32(3,30)31)20-9-7-6-8-18(20)24/h6-13,19H,4-5,14-15H2,1-3H3,(H,25,29)/t19-/m0/s1. The van der Waals surface area contributed by atoms with Crippen molar-refractivity contribution in [2.24, 2.45) is 0 Å². The van der Waals surface area contributed by atoms with Gasteiger partial charge in [0.2, 0.25) is 21.8 Å². The van der Waals surface area contributed by atoms with Crippen LogP contribution in [-0.2, 0) is 26.2 Å². The van der Waals surface area contributed by atoms with E-state index in [0.717, 1.165) is 12.3 Å². The third-order valence-corrected chi connectivity index (χ3v) is 5.93. The van der Waals surface area contributed by atoms with Crippen LogP contribution in [0.3, 0.4) is 0 Å². The number of likely N-dealkylation sites (N-methyl/N-ethyl adjacent to an activating group) is 1. The predicted octanol–water partition coefficient (Wildman–Crippen LogP) is 2.67. The second-order valence-electron chi connectivity index (χ2n) is 7.19. The summed E-state index contributed by atoms with van der Waals surface area (Å²) in [5.74, 6) is -2.35. The van der Waals surface area contributed by atoms with Gasteiger partial charge in [0.15, 0.2) is 0 Å². The van der Waals surface area contributed by atoms with Crippen LogP contribution in [0.5, 0.6) is 0 Å². The molecule has 2 aromatic rings. The number of halogens is 2. The van der Waals surface area contributed by atoms with E-state index in [9.17, 15) is 26.8 Å². The third kappa shape index (κ3) is 6.49. The van der Waals surface area contributed by atoms with Gasteiger partial charge in [0.1, 0.15) is 24.2 Å². The van der Waals surface area contributed by atoms with Crippen molar-refractivity contribution in [3.8, 4) is 0 Å². The molecule has 0 saturated heterocycles. The van der Waals surface area contributed by atoms with Crippen molar-refractivity contribution < 1.29 is 26.8 Å². The Balaban J connectivity index is 2.43. The fraction of sp³-hybridized carbons (Fsp3) is 0.364. The molecule has 1 atom stereocenters. The zero-order chi connectivity index (χ0) is 23.9. The molecule has 174 valence electrons.